The van der Waals surface area contributed by atoms with Gasteiger partial charge in [0.05, 0.1) is 23.2 Å². The van der Waals surface area contributed by atoms with Crippen molar-refractivity contribution in [2.75, 3.05) is 13.2 Å². The Morgan fingerprint density at radius 1 is 1.42 bits per heavy atom. The molecule has 1 aliphatic carbocycles. The summed E-state index contributed by atoms with van der Waals surface area (Å²) in [4.78, 5) is 11.0. The summed E-state index contributed by atoms with van der Waals surface area (Å²) in [5.41, 5.74) is 0.186. The van der Waals surface area contributed by atoms with Gasteiger partial charge in [-0.2, -0.15) is 0 Å². The predicted molar refractivity (Wildman–Crippen MR) is 75.1 cm³/mol. The van der Waals surface area contributed by atoms with Gasteiger partial charge in [0, 0.05) is 0 Å². The highest BCUT2D eigenvalue weighted by molar-refractivity contribution is 9.10. The minimum absolute atomic E-state index is 0.186. The van der Waals surface area contributed by atoms with Crippen molar-refractivity contribution in [3.05, 3.63) is 22.2 Å². The minimum Gasteiger partial charge on any atom is -0.490 e. The zero-order valence-electron chi connectivity index (χ0n) is 10.8. The average Bonchev–Trinajstić information content (AvgIpc) is 2.30. The highest BCUT2D eigenvalue weighted by Crippen LogP contribution is 2.38. The van der Waals surface area contributed by atoms with Crippen LogP contribution >= 0.6 is 15.9 Å². The van der Waals surface area contributed by atoms with Crippen molar-refractivity contribution in [2.24, 2.45) is 5.92 Å². The molecule has 1 aliphatic rings. The van der Waals surface area contributed by atoms with E-state index in [2.05, 4.69) is 15.9 Å². The lowest BCUT2D eigenvalue weighted by Gasteiger charge is -2.26. The maximum atomic E-state index is 11.0. The molecule has 2 rings (SSSR count). The number of ether oxygens (including phenoxy) is 2. The summed E-state index contributed by atoms with van der Waals surface area (Å²) in [5, 5.41) is 9.04. The molecule has 1 aromatic rings. The largest absolute Gasteiger partial charge is 0.490 e. The third kappa shape index (κ3) is 3.41. The first-order valence-electron chi connectivity index (χ1n) is 6.44. The number of benzene rings is 1. The number of carbonyl (C=O) groups is 1. The summed E-state index contributed by atoms with van der Waals surface area (Å²) in [5.74, 6) is 0.708. The molecule has 0 aromatic heterocycles. The number of carboxylic acid groups (broad SMARTS) is 1. The van der Waals surface area contributed by atoms with Gasteiger partial charge in [-0.25, -0.2) is 4.79 Å². The Labute approximate surface area is 120 Å². The van der Waals surface area contributed by atoms with Crippen LogP contribution in [0.15, 0.2) is 16.6 Å². The van der Waals surface area contributed by atoms with Crippen LogP contribution in [0.5, 0.6) is 11.5 Å². The molecule has 0 bridgehead atoms. The van der Waals surface area contributed by atoms with Crippen molar-refractivity contribution in [3.8, 4) is 11.5 Å². The molecule has 1 saturated carbocycles. The topological polar surface area (TPSA) is 55.8 Å². The summed E-state index contributed by atoms with van der Waals surface area (Å²) < 4.78 is 11.9. The number of hydrogen-bond donors (Lipinski definition) is 1. The molecular weight excluding hydrogens is 312 g/mol. The lowest BCUT2D eigenvalue weighted by atomic mass is 9.86. The van der Waals surface area contributed by atoms with Gasteiger partial charge in [0.15, 0.2) is 11.5 Å². The molecule has 5 heteroatoms. The third-order valence-electron chi connectivity index (χ3n) is 3.24. The molecule has 1 aromatic carbocycles. The SMILES string of the molecule is CCOc1cc(C(=O)O)cc(Br)c1OCC1CCC1. The number of carboxylic acids is 1. The maximum Gasteiger partial charge on any atom is 0.335 e. The first kappa shape index (κ1) is 14.2. The molecule has 104 valence electrons. The zero-order valence-corrected chi connectivity index (χ0v) is 12.4. The summed E-state index contributed by atoms with van der Waals surface area (Å²) in [7, 11) is 0. The number of aromatic carboxylic acids is 1. The van der Waals surface area contributed by atoms with Crippen molar-refractivity contribution in [1.29, 1.82) is 0 Å². The minimum atomic E-state index is -0.979. The van der Waals surface area contributed by atoms with Gasteiger partial charge in [-0.1, -0.05) is 6.42 Å². The summed E-state index contributed by atoms with van der Waals surface area (Å²) in [6.45, 7) is 2.98. The van der Waals surface area contributed by atoms with Gasteiger partial charge in [-0.15, -0.1) is 0 Å². The van der Waals surface area contributed by atoms with E-state index in [-0.39, 0.29) is 5.56 Å². The van der Waals surface area contributed by atoms with Crippen molar-refractivity contribution in [3.63, 3.8) is 0 Å². The fraction of sp³-hybridized carbons (Fsp3) is 0.500. The molecule has 1 fully saturated rings. The molecule has 0 spiro atoms. The van der Waals surface area contributed by atoms with Crippen molar-refractivity contribution < 1.29 is 19.4 Å². The lowest BCUT2D eigenvalue weighted by Crippen LogP contribution is -2.19. The van der Waals surface area contributed by atoms with Gasteiger partial charge in [-0.3, -0.25) is 0 Å². The molecule has 0 radical (unpaired) electrons. The van der Waals surface area contributed by atoms with E-state index in [1.807, 2.05) is 6.92 Å². The van der Waals surface area contributed by atoms with Crippen LogP contribution in [-0.2, 0) is 0 Å². The van der Waals surface area contributed by atoms with Crippen LogP contribution in [-0.4, -0.2) is 24.3 Å². The third-order valence-corrected chi connectivity index (χ3v) is 3.83. The van der Waals surface area contributed by atoms with E-state index in [4.69, 9.17) is 14.6 Å². The predicted octanol–water partition coefficient (Wildman–Crippen LogP) is 3.72. The fourth-order valence-corrected chi connectivity index (χ4v) is 2.51. The second kappa shape index (κ2) is 6.28. The molecule has 0 unspecified atom stereocenters. The van der Waals surface area contributed by atoms with Gasteiger partial charge in [0.25, 0.3) is 0 Å². The Kier molecular flexibility index (Phi) is 4.69. The normalized spacial score (nSPS) is 14.8. The molecule has 0 heterocycles. The van der Waals surface area contributed by atoms with Crippen molar-refractivity contribution in [2.45, 2.75) is 26.2 Å². The van der Waals surface area contributed by atoms with Crippen LogP contribution in [0.3, 0.4) is 0 Å². The molecule has 0 saturated heterocycles. The Morgan fingerprint density at radius 2 is 2.16 bits per heavy atom. The highest BCUT2D eigenvalue weighted by Gasteiger charge is 2.21. The molecule has 19 heavy (non-hydrogen) atoms. The second-order valence-electron chi connectivity index (χ2n) is 4.63. The summed E-state index contributed by atoms with van der Waals surface area (Å²) >= 11 is 3.36. The first-order chi connectivity index (χ1) is 9.11. The first-order valence-corrected chi connectivity index (χ1v) is 7.23. The van der Waals surface area contributed by atoms with Crippen LogP contribution in [0.2, 0.25) is 0 Å². The van der Waals surface area contributed by atoms with Gasteiger partial charge in [0.1, 0.15) is 0 Å². The van der Waals surface area contributed by atoms with E-state index < -0.39 is 5.97 Å². The molecule has 1 N–H and O–H groups in total. The van der Waals surface area contributed by atoms with Crippen LogP contribution in [0, 0.1) is 5.92 Å². The second-order valence-corrected chi connectivity index (χ2v) is 5.49. The monoisotopic (exact) mass is 328 g/mol. The number of rotatable bonds is 6. The van der Waals surface area contributed by atoms with Crippen LogP contribution in [0.4, 0.5) is 0 Å². The molecule has 0 atom stereocenters. The van der Waals surface area contributed by atoms with E-state index in [1.165, 1.54) is 25.3 Å². The van der Waals surface area contributed by atoms with Crippen molar-refractivity contribution >= 4 is 21.9 Å². The van der Waals surface area contributed by atoms with E-state index >= 15 is 0 Å². The van der Waals surface area contributed by atoms with E-state index in [0.717, 1.165) is 0 Å². The Balaban J connectivity index is 2.20. The van der Waals surface area contributed by atoms with Crippen LogP contribution in [0.1, 0.15) is 36.5 Å². The molecule has 0 amide bonds. The van der Waals surface area contributed by atoms with Gasteiger partial charge in [-0.05, 0) is 53.7 Å². The Bertz CT molecular complexity index is 469. The molecule has 0 aliphatic heterocycles. The van der Waals surface area contributed by atoms with Gasteiger partial charge < -0.3 is 14.6 Å². The Morgan fingerprint density at radius 3 is 2.68 bits per heavy atom. The zero-order chi connectivity index (χ0) is 13.8. The van der Waals surface area contributed by atoms with Gasteiger partial charge >= 0.3 is 5.97 Å². The van der Waals surface area contributed by atoms with Crippen LogP contribution in [0.25, 0.3) is 0 Å². The van der Waals surface area contributed by atoms with Gasteiger partial charge in [0.2, 0.25) is 0 Å². The Hall–Kier alpha value is -1.23. The summed E-state index contributed by atoms with van der Waals surface area (Å²) in [6, 6.07) is 3.05. The quantitative estimate of drug-likeness (QED) is 0.864. The molecule has 4 nitrogen and oxygen atoms in total. The van der Waals surface area contributed by atoms with Crippen LogP contribution < -0.4 is 9.47 Å². The van der Waals surface area contributed by atoms with E-state index in [9.17, 15) is 4.79 Å². The smallest absolute Gasteiger partial charge is 0.335 e. The maximum absolute atomic E-state index is 11.0. The lowest BCUT2D eigenvalue weighted by molar-refractivity contribution is 0.0696. The molecular formula is C14H17BrO4. The highest BCUT2D eigenvalue weighted by atomic mass is 79.9. The standard InChI is InChI=1S/C14H17BrO4/c1-2-18-12-7-10(14(16)17)6-11(15)13(12)19-8-9-4-3-5-9/h6-7,9H,2-5,8H2,1H3,(H,16,17). The van der Waals surface area contributed by atoms with Crippen molar-refractivity contribution in [1.82, 2.24) is 0 Å². The number of hydrogen-bond acceptors (Lipinski definition) is 3. The summed E-state index contributed by atoms with van der Waals surface area (Å²) in [6.07, 6.45) is 3.68. The average molecular weight is 329 g/mol. The van der Waals surface area contributed by atoms with E-state index in [1.54, 1.807) is 6.07 Å². The number of halogens is 1. The fourth-order valence-electron chi connectivity index (χ4n) is 1.96. The van der Waals surface area contributed by atoms with E-state index in [0.29, 0.717) is 35.1 Å².